The van der Waals surface area contributed by atoms with Crippen LogP contribution in [0, 0.1) is 0 Å². The third kappa shape index (κ3) is 3.19. The molecule has 1 amide bonds. The third-order valence-electron chi connectivity index (χ3n) is 5.85. The fourth-order valence-electron chi connectivity index (χ4n) is 4.04. The molecule has 0 aliphatic carbocycles. The van der Waals surface area contributed by atoms with Crippen molar-refractivity contribution in [3.05, 3.63) is 35.5 Å². The number of allylic oxidation sites excluding steroid dienone is 2. The number of hydrogen-bond donors (Lipinski definition) is 2. The van der Waals surface area contributed by atoms with Crippen molar-refractivity contribution < 1.29 is 9.53 Å². The summed E-state index contributed by atoms with van der Waals surface area (Å²) >= 11 is 0. The standard InChI is InChI=1S/C22H29N5O2/c1-6-14(2)27-20-16-8-7-15(23-5)11-18(16)24-12-17(20)19(25-27)21(28)26-9-10-29-13-22(26,3)4/h6-8,11,23-24H,9-10,12-13H2,1-5H3/b14-6+. The van der Waals surface area contributed by atoms with Crippen LogP contribution in [0.1, 0.15) is 43.7 Å². The van der Waals surface area contributed by atoms with E-state index in [0.717, 1.165) is 33.9 Å². The molecule has 2 aliphatic rings. The van der Waals surface area contributed by atoms with Gasteiger partial charge in [0, 0.05) is 48.3 Å². The molecule has 7 heteroatoms. The van der Waals surface area contributed by atoms with Crippen molar-refractivity contribution in [1.29, 1.82) is 0 Å². The Morgan fingerprint density at radius 3 is 2.86 bits per heavy atom. The van der Waals surface area contributed by atoms with Crippen molar-refractivity contribution >= 4 is 23.0 Å². The highest BCUT2D eigenvalue weighted by atomic mass is 16.5. The van der Waals surface area contributed by atoms with Crippen LogP contribution < -0.4 is 10.6 Å². The fourth-order valence-corrected chi connectivity index (χ4v) is 4.04. The van der Waals surface area contributed by atoms with Gasteiger partial charge in [-0.15, -0.1) is 0 Å². The van der Waals surface area contributed by atoms with Crippen LogP contribution in [0.4, 0.5) is 11.4 Å². The number of carbonyl (C=O) groups excluding carboxylic acids is 1. The maximum Gasteiger partial charge on any atom is 0.275 e. The zero-order valence-electron chi connectivity index (χ0n) is 17.8. The first kappa shape index (κ1) is 19.5. The van der Waals surface area contributed by atoms with E-state index in [2.05, 4.69) is 22.8 Å². The summed E-state index contributed by atoms with van der Waals surface area (Å²) in [5.74, 6) is -0.0331. The van der Waals surface area contributed by atoms with Crippen LogP contribution in [-0.2, 0) is 11.3 Å². The Kier molecular flexibility index (Phi) is 4.86. The maximum atomic E-state index is 13.6. The zero-order chi connectivity index (χ0) is 20.8. The van der Waals surface area contributed by atoms with Gasteiger partial charge in [0.15, 0.2) is 5.69 Å². The van der Waals surface area contributed by atoms with Crippen LogP contribution in [0.2, 0.25) is 0 Å². The number of ether oxygens (including phenoxy) is 1. The summed E-state index contributed by atoms with van der Waals surface area (Å²) in [4.78, 5) is 15.5. The number of aromatic nitrogens is 2. The van der Waals surface area contributed by atoms with Gasteiger partial charge in [-0.1, -0.05) is 6.08 Å². The quantitative estimate of drug-likeness (QED) is 0.830. The normalized spacial score (nSPS) is 18.0. The maximum absolute atomic E-state index is 13.6. The highest BCUT2D eigenvalue weighted by Gasteiger charge is 2.38. The number of morpholine rings is 1. The summed E-state index contributed by atoms with van der Waals surface area (Å²) < 4.78 is 7.51. The molecule has 1 aromatic heterocycles. The Morgan fingerprint density at radius 2 is 2.17 bits per heavy atom. The second-order valence-corrected chi connectivity index (χ2v) is 8.20. The number of anilines is 2. The lowest BCUT2D eigenvalue weighted by atomic mass is 9.97. The minimum Gasteiger partial charge on any atom is -0.388 e. The van der Waals surface area contributed by atoms with Crippen LogP contribution >= 0.6 is 0 Å². The molecule has 1 aromatic carbocycles. The summed E-state index contributed by atoms with van der Waals surface area (Å²) in [5, 5.41) is 11.5. The van der Waals surface area contributed by atoms with Crippen molar-refractivity contribution in [2.24, 2.45) is 0 Å². The number of amides is 1. The number of fused-ring (bicyclic) bond motifs is 3. The van der Waals surface area contributed by atoms with Gasteiger partial charge in [-0.3, -0.25) is 4.79 Å². The van der Waals surface area contributed by atoms with E-state index in [0.29, 0.717) is 32.0 Å². The monoisotopic (exact) mass is 395 g/mol. The van der Waals surface area contributed by atoms with Crippen LogP contribution in [0.5, 0.6) is 0 Å². The first-order valence-corrected chi connectivity index (χ1v) is 10.1. The van der Waals surface area contributed by atoms with E-state index >= 15 is 0 Å². The summed E-state index contributed by atoms with van der Waals surface area (Å²) in [6, 6.07) is 6.22. The summed E-state index contributed by atoms with van der Waals surface area (Å²) in [7, 11) is 1.91. The Balaban J connectivity index is 1.86. The van der Waals surface area contributed by atoms with E-state index in [1.165, 1.54) is 0 Å². The Morgan fingerprint density at radius 1 is 1.38 bits per heavy atom. The molecule has 1 fully saturated rings. The molecule has 0 bridgehead atoms. The van der Waals surface area contributed by atoms with Gasteiger partial charge in [-0.05, 0) is 45.9 Å². The van der Waals surface area contributed by atoms with Crippen molar-refractivity contribution in [3.8, 4) is 11.3 Å². The molecule has 0 unspecified atom stereocenters. The van der Waals surface area contributed by atoms with E-state index in [9.17, 15) is 4.79 Å². The van der Waals surface area contributed by atoms with Gasteiger partial charge >= 0.3 is 0 Å². The number of rotatable bonds is 3. The highest BCUT2D eigenvalue weighted by molar-refractivity contribution is 5.98. The smallest absolute Gasteiger partial charge is 0.275 e. The average molecular weight is 396 g/mol. The van der Waals surface area contributed by atoms with Crippen LogP contribution in [0.3, 0.4) is 0 Å². The lowest BCUT2D eigenvalue weighted by Gasteiger charge is -2.41. The zero-order valence-corrected chi connectivity index (χ0v) is 17.8. The molecule has 2 N–H and O–H groups in total. The molecular weight excluding hydrogens is 366 g/mol. The second-order valence-electron chi connectivity index (χ2n) is 8.20. The predicted octanol–water partition coefficient (Wildman–Crippen LogP) is 3.65. The van der Waals surface area contributed by atoms with Crippen molar-refractivity contribution in [1.82, 2.24) is 14.7 Å². The molecule has 0 spiro atoms. The molecule has 0 saturated carbocycles. The number of hydrogen-bond acceptors (Lipinski definition) is 5. The number of nitrogens with one attached hydrogen (secondary N) is 2. The van der Waals surface area contributed by atoms with Gasteiger partial charge < -0.3 is 20.3 Å². The largest absolute Gasteiger partial charge is 0.388 e. The molecule has 2 aromatic rings. The Bertz CT molecular complexity index is 989. The molecule has 4 rings (SSSR count). The van der Waals surface area contributed by atoms with Gasteiger partial charge in [-0.2, -0.15) is 5.10 Å². The lowest BCUT2D eigenvalue weighted by Crippen LogP contribution is -2.55. The van der Waals surface area contributed by atoms with E-state index in [1.54, 1.807) is 0 Å². The Hall–Kier alpha value is -2.80. The molecule has 3 heterocycles. The highest BCUT2D eigenvalue weighted by Crippen LogP contribution is 2.40. The van der Waals surface area contributed by atoms with Crippen molar-refractivity contribution in [3.63, 3.8) is 0 Å². The van der Waals surface area contributed by atoms with Gasteiger partial charge in [0.05, 0.1) is 24.4 Å². The van der Waals surface area contributed by atoms with E-state index in [4.69, 9.17) is 9.84 Å². The fraction of sp³-hybridized carbons (Fsp3) is 0.455. The minimum absolute atomic E-state index is 0.0331. The molecular formula is C22H29N5O2. The second kappa shape index (κ2) is 7.22. The van der Waals surface area contributed by atoms with Crippen LogP contribution in [-0.4, -0.2) is 52.9 Å². The number of nitrogens with zero attached hydrogens (tertiary/aromatic N) is 3. The molecule has 1 saturated heterocycles. The first-order chi connectivity index (χ1) is 13.9. The summed E-state index contributed by atoms with van der Waals surface area (Å²) in [5.41, 5.74) is 6.23. The molecule has 7 nitrogen and oxygen atoms in total. The van der Waals surface area contributed by atoms with E-state index < -0.39 is 0 Å². The predicted molar refractivity (Wildman–Crippen MR) is 116 cm³/mol. The first-order valence-electron chi connectivity index (χ1n) is 10.1. The van der Waals surface area contributed by atoms with Gasteiger partial charge in [0.2, 0.25) is 0 Å². The minimum atomic E-state index is -0.358. The van der Waals surface area contributed by atoms with E-state index in [-0.39, 0.29) is 11.4 Å². The van der Waals surface area contributed by atoms with Gasteiger partial charge in [0.1, 0.15) is 0 Å². The SMILES string of the molecule is C/C=C(\C)n1nc(C(=O)N2CCOCC2(C)C)c2c1-c1ccc(NC)cc1NC2. The van der Waals surface area contributed by atoms with E-state index in [1.807, 2.05) is 56.5 Å². The topological polar surface area (TPSA) is 71.4 Å². The molecule has 29 heavy (non-hydrogen) atoms. The van der Waals surface area contributed by atoms with Crippen molar-refractivity contribution in [2.45, 2.75) is 39.8 Å². The van der Waals surface area contributed by atoms with Crippen LogP contribution in [0.25, 0.3) is 17.0 Å². The van der Waals surface area contributed by atoms with Gasteiger partial charge in [-0.25, -0.2) is 4.68 Å². The lowest BCUT2D eigenvalue weighted by molar-refractivity contribution is -0.0373. The molecule has 2 aliphatic heterocycles. The van der Waals surface area contributed by atoms with Crippen LogP contribution in [0.15, 0.2) is 24.3 Å². The summed E-state index contributed by atoms with van der Waals surface area (Å²) in [6.45, 7) is 10.3. The van der Waals surface area contributed by atoms with Gasteiger partial charge in [0.25, 0.3) is 5.91 Å². The third-order valence-corrected chi connectivity index (χ3v) is 5.85. The summed E-state index contributed by atoms with van der Waals surface area (Å²) in [6.07, 6.45) is 2.02. The molecule has 0 radical (unpaired) electrons. The number of benzene rings is 1. The average Bonchev–Trinajstić information content (AvgIpc) is 3.12. The number of carbonyl (C=O) groups is 1. The van der Waals surface area contributed by atoms with Crippen molar-refractivity contribution in [2.75, 3.05) is 37.4 Å². The molecule has 154 valence electrons. The Labute approximate surface area is 171 Å². The molecule has 0 atom stereocenters.